The fourth-order valence-electron chi connectivity index (χ4n) is 2.99. The fourth-order valence-corrected chi connectivity index (χ4v) is 3.95. The number of aromatic nitrogens is 2. The van der Waals surface area contributed by atoms with Crippen LogP contribution in [0.1, 0.15) is 31.1 Å². The molecule has 2 N–H and O–H groups in total. The van der Waals surface area contributed by atoms with E-state index in [0.29, 0.717) is 5.75 Å². The number of amides is 1. The van der Waals surface area contributed by atoms with Gasteiger partial charge in [-0.25, -0.2) is 23.1 Å². The van der Waals surface area contributed by atoms with Crippen molar-refractivity contribution >= 4 is 45.5 Å². The molecule has 3 rings (SSSR count). The summed E-state index contributed by atoms with van der Waals surface area (Å²) in [6, 6.07) is 7.35. The van der Waals surface area contributed by atoms with Gasteiger partial charge in [0.1, 0.15) is 0 Å². The van der Waals surface area contributed by atoms with Gasteiger partial charge in [0.2, 0.25) is 11.7 Å². The molecular weight excluding hydrogens is 536 g/mol. The van der Waals surface area contributed by atoms with E-state index in [-0.39, 0.29) is 39.3 Å². The maximum Gasteiger partial charge on any atom is 0.308 e. The van der Waals surface area contributed by atoms with Crippen LogP contribution in [-0.2, 0) is 24.4 Å². The smallest absolute Gasteiger partial charge is 0.308 e. The van der Waals surface area contributed by atoms with Crippen LogP contribution in [0.15, 0.2) is 53.7 Å². The minimum absolute atomic E-state index is 0.131. The van der Waals surface area contributed by atoms with E-state index in [0.717, 1.165) is 32.9 Å². The highest BCUT2D eigenvalue weighted by Gasteiger charge is 2.23. The van der Waals surface area contributed by atoms with Gasteiger partial charge < -0.3 is 24.3 Å². The van der Waals surface area contributed by atoms with Crippen molar-refractivity contribution in [3.05, 3.63) is 54.4 Å². The van der Waals surface area contributed by atoms with Gasteiger partial charge in [0.25, 0.3) is 15.9 Å². The Labute approximate surface area is 222 Å². The molecule has 14 nitrogen and oxygen atoms in total. The average Bonchev–Trinajstić information content (AvgIpc) is 2.85. The van der Waals surface area contributed by atoms with E-state index in [1.807, 2.05) is 0 Å². The molecule has 0 atom stereocenters. The minimum atomic E-state index is -4.05. The Morgan fingerprint density at radius 3 is 1.77 bits per heavy atom. The Morgan fingerprint density at radius 1 is 0.795 bits per heavy atom. The van der Waals surface area contributed by atoms with Crippen molar-refractivity contribution in [3.8, 4) is 23.0 Å². The predicted molar refractivity (Wildman–Crippen MR) is 134 cm³/mol. The lowest BCUT2D eigenvalue weighted by Crippen LogP contribution is -2.16. The summed E-state index contributed by atoms with van der Waals surface area (Å²) in [6.45, 7) is 3.25. The summed E-state index contributed by atoms with van der Waals surface area (Å²) < 4.78 is 47.6. The second-order valence-corrected chi connectivity index (χ2v) is 9.30. The van der Waals surface area contributed by atoms with Crippen molar-refractivity contribution in [1.82, 2.24) is 9.97 Å². The van der Waals surface area contributed by atoms with E-state index >= 15 is 0 Å². The SMILES string of the molecule is COc1cnc(NS(=O)(=O)c2ccc(NC(=O)c3cc(OC(C)=O)c(OC(C)=O)c(OC(C)=O)c3)cc2)nc1. The Kier molecular flexibility index (Phi) is 8.77. The zero-order valence-electron chi connectivity index (χ0n) is 21.0. The number of nitrogens with zero attached hydrogens (tertiary/aromatic N) is 2. The first-order valence-electron chi connectivity index (χ1n) is 10.9. The number of benzene rings is 2. The van der Waals surface area contributed by atoms with Crippen LogP contribution < -0.4 is 29.0 Å². The predicted octanol–water partition coefficient (Wildman–Crippen LogP) is 2.31. The molecule has 0 saturated heterocycles. The number of carbonyl (C=O) groups is 4. The van der Waals surface area contributed by atoms with Crippen LogP contribution in [0.2, 0.25) is 0 Å². The zero-order chi connectivity index (χ0) is 28.7. The molecule has 0 radical (unpaired) electrons. The van der Waals surface area contributed by atoms with Crippen LogP contribution in [-0.4, -0.2) is 49.3 Å². The molecule has 0 aliphatic heterocycles. The zero-order valence-corrected chi connectivity index (χ0v) is 21.8. The topological polar surface area (TPSA) is 189 Å². The summed E-state index contributed by atoms with van der Waals surface area (Å²) in [5.74, 6) is -3.99. The Morgan fingerprint density at radius 2 is 1.31 bits per heavy atom. The van der Waals surface area contributed by atoms with Crippen molar-refractivity contribution < 1.29 is 46.5 Å². The molecule has 1 amide bonds. The summed E-state index contributed by atoms with van der Waals surface area (Å²) in [4.78, 5) is 55.2. The van der Waals surface area contributed by atoms with E-state index in [2.05, 4.69) is 20.0 Å². The standard InChI is InChI=1S/C24H22N4O10S/c1-13(29)36-20-9-16(10-21(37-14(2)30)22(20)38-15(3)31)23(32)27-17-5-7-19(8-6-17)39(33,34)28-24-25-11-18(35-4)12-26-24/h5-12H,1-4H3,(H,27,32)(H,25,26,28). The number of anilines is 2. The monoisotopic (exact) mass is 558 g/mol. The maximum atomic E-state index is 12.9. The third-order valence-corrected chi connectivity index (χ3v) is 5.89. The number of carbonyl (C=O) groups excluding carboxylic acids is 4. The van der Waals surface area contributed by atoms with E-state index in [9.17, 15) is 27.6 Å². The Balaban J connectivity index is 1.84. The molecule has 1 aromatic heterocycles. The normalized spacial score (nSPS) is 10.7. The minimum Gasteiger partial charge on any atom is -0.494 e. The number of ether oxygens (including phenoxy) is 4. The first kappa shape index (κ1) is 28.5. The number of sulfonamides is 1. The van der Waals surface area contributed by atoms with Crippen LogP contribution in [0.25, 0.3) is 0 Å². The van der Waals surface area contributed by atoms with Gasteiger partial charge in [-0.1, -0.05) is 0 Å². The Bertz CT molecular complexity index is 1480. The molecule has 0 bridgehead atoms. The molecule has 0 saturated carbocycles. The average molecular weight is 559 g/mol. The molecule has 0 unspecified atom stereocenters. The van der Waals surface area contributed by atoms with E-state index in [1.165, 1.54) is 43.8 Å². The van der Waals surface area contributed by atoms with E-state index in [4.69, 9.17) is 18.9 Å². The number of hydrogen-bond acceptors (Lipinski definition) is 12. The van der Waals surface area contributed by atoms with Gasteiger partial charge in [-0.2, -0.15) is 0 Å². The molecule has 39 heavy (non-hydrogen) atoms. The van der Waals surface area contributed by atoms with E-state index < -0.39 is 33.8 Å². The van der Waals surface area contributed by atoms with Crippen LogP contribution >= 0.6 is 0 Å². The lowest BCUT2D eigenvalue weighted by molar-refractivity contribution is -0.135. The largest absolute Gasteiger partial charge is 0.494 e. The number of hydrogen-bond donors (Lipinski definition) is 2. The molecule has 0 aliphatic rings. The second-order valence-electron chi connectivity index (χ2n) is 7.61. The van der Waals surface area contributed by atoms with Gasteiger partial charge in [-0.3, -0.25) is 19.2 Å². The van der Waals surface area contributed by atoms with Crippen LogP contribution in [0.5, 0.6) is 23.0 Å². The van der Waals surface area contributed by atoms with Crippen molar-refractivity contribution in [2.45, 2.75) is 25.7 Å². The van der Waals surface area contributed by atoms with Gasteiger partial charge in [0.15, 0.2) is 17.2 Å². The van der Waals surface area contributed by atoms with Gasteiger partial charge in [-0.05, 0) is 36.4 Å². The summed E-state index contributed by atoms with van der Waals surface area (Å²) in [5.41, 5.74) is 0.0696. The lowest BCUT2D eigenvalue weighted by Gasteiger charge is -2.15. The van der Waals surface area contributed by atoms with Crippen molar-refractivity contribution in [1.29, 1.82) is 0 Å². The quantitative estimate of drug-likeness (QED) is 0.288. The van der Waals surface area contributed by atoms with Crippen LogP contribution in [0, 0.1) is 0 Å². The van der Waals surface area contributed by atoms with Crippen molar-refractivity contribution in [3.63, 3.8) is 0 Å². The first-order valence-corrected chi connectivity index (χ1v) is 12.4. The molecule has 15 heteroatoms. The van der Waals surface area contributed by atoms with E-state index in [1.54, 1.807) is 0 Å². The highest BCUT2D eigenvalue weighted by Crippen LogP contribution is 2.39. The van der Waals surface area contributed by atoms with Gasteiger partial charge in [0.05, 0.1) is 24.4 Å². The third kappa shape index (κ3) is 7.72. The maximum absolute atomic E-state index is 12.9. The molecule has 204 valence electrons. The van der Waals surface area contributed by atoms with Crippen LogP contribution in [0.3, 0.4) is 0 Å². The molecule has 0 spiro atoms. The van der Waals surface area contributed by atoms with Crippen LogP contribution in [0.4, 0.5) is 11.6 Å². The van der Waals surface area contributed by atoms with Gasteiger partial charge >= 0.3 is 17.9 Å². The molecule has 1 heterocycles. The highest BCUT2D eigenvalue weighted by atomic mass is 32.2. The summed E-state index contributed by atoms with van der Waals surface area (Å²) in [5, 5.41) is 2.54. The number of nitrogens with one attached hydrogen (secondary N) is 2. The number of esters is 3. The number of rotatable bonds is 9. The first-order chi connectivity index (χ1) is 18.4. The molecule has 0 aliphatic carbocycles. The second kappa shape index (κ2) is 12.0. The summed E-state index contributed by atoms with van der Waals surface area (Å²) >= 11 is 0. The fraction of sp³-hybridized carbons (Fsp3) is 0.167. The molecule has 2 aromatic carbocycles. The van der Waals surface area contributed by atoms with Gasteiger partial charge in [0, 0.05) is 32.0 Å². The highest BCUT2D eigenvalue weighted by molar-refractivity contribution is 7.92. The van der Waals surface area contributed by atoms with Crippen molar-refractivity contribution in [2.75, 3.05) is 17.1 Å². The van der Waals surface area contributed by atoms with Gasteiger partial charge in [-0.15, -0.1) is 0 Å². The lowest BCUT2D eigenvalue weighted by atomic mass is 10.1. The molecule has 0 fully saturated rings. The summed E-state index contributed by atoms with van der Waals surface area (Å²) in [6.07, 6.45) is 2.59. The molecular formula is C24H22N4O10S. The number of methoxy groups -OCH3 is 1. The third-order valence-electron chi connectivity index (χ3n) is 4.55. The summed E-state index contributed by atoms with van der Waals surface area (Å²) in [7, 11) is -2.63. The Hall–Kier alpha value is -5.05. The van der Waals surface area contributed by atoms with Crippen molar-refractivity contribution in [2.24, 2.45) is 0 Å². The molecule has 3 aromatic rings.